The van der Waals surface area contributed by atoms with Crippen LogP contribution < -0.4 is 9.64 Å². The highest BCUT2D eigenvalue weighted by Gasteiger charge is 2.42. The lowest BCUT2D eigenvalue weighted by molar-refractivity contribution is 0.100. The molecule has 2 aromatic rings. The zero-order chi connectivity index (χ0) is 24.0. The van der Waals surface area contributed by atoms with E-state index in [0.29, 0.717) is 42.5 Å². The number of carbonyl (C=O) groups is 1. The molecule has 34 heavy (non-hydrogen) atoms. The fourth-order valence-corrected chi connectivity index (χ4v) is 6.60. The number of hydrogen-bond donors (Lipinski definition) is 0. The normalized spacial score (nSPS) is 27.2. The molecule has 10 heteroatoms. The molecule has 3 fully saturated rings. The van der Waals surface area contributed by atoms with Gasteiger partial charge in [0, 0.05) is 24.3 Å². The molecule has 182 valence electrons. The average Bonchev–Trinajstić information content (AvgIpc) is 3.54. The van der Waals surface area contributed by atoms with Crippen LogP contribution in [0.2, 0.25) is 0 Å². The molecule has 1 atom stereocenters. The minimum Gasteiger partial charge on any atom is -0.476 e. The second-order valence-corrected chi connectivity index (χ2v) is 11.3. The van der Waals surface area contributed by atoms with Crippen LogP contribution in [-0.4, -0.2) is 47.8 Å². The van der Waals surface area contributed by atoms with E-state index in [1.807, 2.05) is 6.07 Å². The fourth-order valence-electron chi connectivity index (χ4n) is 6.37. The molecule has 1 aliphatic heterocycles. The van der Waals surface area contributed by atoms with Crippen LogP contribution in [0.4, 0.5) is 5.82 Å². The first-order valence-corrected chi connectivity index (χ1v) is 13.1. The number of hydrogen-bond acceptors (Lipinski definition) is 7. The second kappa shape index (κ2) is 8.79. The van der Waals surface area contributed by atoms with Gasteiger partial charge in [0.2, 0.25) is 5.88 Å². The molecule has 0 N–H and O–H groups in total. The number of aromatic nitrogens is 3. The first-order chi connectivity index (χ1) is 16.2. The molecule has 2 bridgehead atoms. The molecule has 9 nitrogen and oxygen atoms in total. The first-order valence-electron chi connectivity index (χ1n) is 12.0. The van der Waals surface area contributed by atoms with E-state index >= 15 is 0 Å². The maximum atomic E-state index is 12.6. The Morgan fingerprint density at radius 2 is 1.88 bits per heavy atom. The van der Waals surface area contributed by atoms with Gasteiger partial charge in [-0.2, -0.15) is 8.42 Å². The summed E-state index contributed by atoms with van der Waals surface area (Å²) >= 11 is 0. The van der Waals surface area contributed by atoms with Crippen LogP contribution in [-0.2, 0) is 10.5 Å². The number of pyridine rings is 1. The highest BCUT2D eigenvalue weighted by molar-refractivity contribution is 7.62. The maximum Gasteiger partial charge on any atom is 0.319 e. The van der Waals surface area contributed by atoms with Crippen LogP contribution in [0.15, 0.2) is 28.8 Å². The Bertz CT molecular complexity index is 1210. The van der Waals surface area contributed by atoms with Crippen molar-refractivity contribution in [2.75, 3.05) is 18.1 Å². The highest BCUT2D eigenvalue weighted by Crippen LogP contribution is 2.49. The maximum absolute atomic E-state index is 12.6. The van der Waals surface area contributed by atoms with Crippen LogP contribution in [0.5, 0.6) is 5.88 Å². The predicted molar refractivity (Wildman–Crippen MR) is 127 cm³/mol. The topological polar surface area (TPSA) is 107 Å². The van der Waals surface area contributed by atoms with E-state index < -0.39 is 16.4 Å². The van der Waals surface area contributed by atoms with Gasteiger partial charge in [-0.3, -0.25) is 4.79 Å². The Balaban J connectivity index is 1.42. The third-order valence-electron chi connectivity index (χ3n) is 7.83. The van der Waals surface area contributed by atoms with Crippen molar-refractivity contribution < 1.29 is 17.9 Å². The van der Waals surface area contributed by atoms with Crippen molar-refractivity contribution in [1.29, 1.82) is 0 Å². The quantitative estimate of drug-likeness (QED) is 0.610. The van der Waals surface area contributed by atoms with E-state index in [9.17, 15) is 13.2 Å². The molecule has 5 rings (SSSR count). The highest BCUT2D eigenvalue weighted by atomic mass is 32.2. The van der Waals surface area contributed by atoms with Crippen molar-refractivity contribution in [3.8, 4) is 11.7 Å². The predicted octanol–water partition coefficient (Wildman–Crippen LogP) is 3.91. The Labute approximate surface area is 201 Å². The Kier molecular flexibility index (Phi) is 5.95. The van der Waals surface area contributed by atoms with Gasteiger partial charge in [-0.15, -0.1) is 5.10 Å². The molecule has 3 aliphatic rings. The SMILES string of the molecule is C[C@@H]1CN(c2nc(-n3ccc(OCC4C5CCC4CC5)n3)ccc2C(=O)N=S(=O)=O)C(C)(C)C1. The molecule has 2 saturated carbocycles. The molecule has 0 radical (unpaired) electrons. The van der Waals surface area contributed by atoms with Gasteiger partial charge in [0.15, 0.2) is 5.82 Å². The van der Waals surface area contributed by atoms with Crippen molar-refractivity contribution in [2.45, 2.75) is 58.4 Å². The molecule has 0 spiro atoms. The number of carbonyl (C=O) groups excluding carboxylic acids is 1. The largest absolute Gasteiger partial charge is 0.476 e. The molecule has 3 heterocycles. The lowest BCUT2D eigenvalue weighted by Crippen LogP contribution is -2.39. The van der Waals surface area contributed by atoms with Gasteiger partial charge in [-0.05, 0) is 81.8 Å². The first kappa shape index (κ1) is 23.0. The summed E-state index contributed by atoms with van der Waals surface area (Å²) in [5.41, 5.74) is -0.0779. The number of nitrogens with zero attached hydrogens (tertiary/aromatic N) is 5. The summed E-state index contributed by atoms with van der Waals surface area (Å²) in [6.07, 6.45) is 8.01. The molecule has 1 amide bonds. The molecule has 2 aliphatic carbocycles. The average molecular weight is 486 g/mol. The lowest BCUT2D eigenvalue weighted by atomic mass is 9.97. The molecule has 0 aromatic carbocycles. The molecular formula is C24H31N5O4S. The number of rotatable bonds is 6. The standard InChI is InChI=1S/C24H31N5O4S/c1-15-12-24(2,3)28(13-15)22-18(23(30)27-34(31)32)8-9-20(25-22)29-11-10-21(26-29)33-14-19-16-4-5-17(19)7-6-16/h8-11,15-17,19H,4-7,12-14H2,1-3H3/t15-,16?,17?,19?/m0/s1. The third-order valence-corrected chi connectivity index (χ3v) is 8.14. The summed E-state index contributed by atoms with van der Waals surface area (Å²) in [5, 5.41) is 4.56. The van der Waals surface area contributed by atoms with E-state index in [-0.39, 0.29) is 11.1 Å². The van der Waals surface area contributed by atoms with Crippen LogP contribution in [0.3, 0.4) is 0 Å². The van der Waals surface area contributed by atoms with E-state index in [2.05, 4.69) is 35.1 Å². The van der Waals surface area contributed by atoms with Gasteiger partial charge in [-0.25, -0.2) is 9.67 Å². The molecule has 1 saturated heterocycles. The van der Waals surface area contributed by atoms with E-state index in [4.69, 9.17) is 9.72 Å². The summed E-state index contributed by atoms with van der Waals surface area (Å²) in [4.78, 5) is 19.4. The van der Waals surface area contributed by atoms with E-state index in [0.717, 1.165) is 18.3 Å². The van der Waals surface area contributed by atoms with Crippen LogP contribution >= 0.6 is 0 Å². The number of anilines is 1. The van der Waals surface area contributed by atoms with Crippen molar-refractivity contribution in [3.05, 3.63) is 30.0 Å². The number of amides is 1. The monoisotopic (exact) mass is 485 g/mol. The summed E-state index contributed by atoms with van der Waals surface area (Å²) in [7, 11) is -2.83. The lowest BCUT2D eigenvalue weighted by Gasteiger charge is -2.33. The summed E-state index contributed by atoms with van der Waals surface area (Å²) in [6, 6.07) is 5.06. The summed E-state index contributed by atoms with van der Waals surface area (Å²) < 4.78 is 33.0. The minimum absolute atomic E-state index is 0.162. The van der Waals surface area contributed by atoms with E-state index in [1.54, 1.807) is 23.0 Å². The Hall–Kier alpha value is -2.75. The van der Waals surface area contributed by atoms with Crippen LogP contribution in [0.25, 0.3) is 5.82 Å². The van der Waals surface area contributed by atoms with E-state index in [1.165, 1.54) is 25.7 Å². The summed E-state index contributed by atoms with van der Waals surface area (Å²) in [5.74, 6) is 3.31. The molecular weight excluding hydrogens is 454 g/mol. The second-order valence-electron chi connectivity index (χ2n) is 10.6. The third kappa shape index (κ3) is 4.35. The van der Waals surface area contributed by atoms with Crippen molar-refractivity contribution in [1.82, 2.24) is 14.8 Å². The zero-order valence-electron chi connectivity index (χ0n) is 19.8. The van der Waals surface area contributed by atoms with Crippen molar-refractivity contribution in [3.63, 3.8) is 0 Å². The number of fused-ring (bicyclic) bond motifs is 2. The smallest absolute Gasteiger partial charge is 0.319 e. The fraction of sp³-hybridized carbons (Fsp3) is 0.625. The van der Waals surface area contributed by atoms with Crippen LogP contribution in [0.1, 0.15) is 63.2 Å². The van der Waals surface area contributed by atoms with Crippen molar-refractivity contribution >= 4 is 22.2 Å². The van der Waals surface area contributed by atoms with Gasteiger partial charge >= 0.3 is 10.5 Å². The van der Waals surface area contributed by atoms with Gasteiger partial charge in [-0.1, -0.05) is 11.3 Å². The molecule has 0 unspecified atom stereocenters. The van der Waals surface area contributed by atoms with Gasteiger partial charge < -0.3 is 9.64 Å². The van der Waals surface area contributed by atoms with Crippen LogP contribution in [0, 0.1) is 23.7 Å². The minimum atomic E-state index is -2.83. The van der Waals surface area contributed by atoms with Gasteiger partial charge in [0.05, 0.1) is 12.2 Å². The zero-order valence-corrected chi connectivity index (χ0v) is 20.7. The number of ether oxygens (including phenoxy) is 1. The Morgan fingerprint density at radius 3 is 2.50 bits per heavy atom. The van der Waals surface area contributed by atoms with Crippen molar-refractivity contribution in [2.24, 2.45) is 28.0 Å². The summed E-state index contributed by atoms with van der Waals surface area (Å²) in [6.45, 7) is 7.75. The van der Waals surface area contributed by atoms with Gasteiger partial charge in [0.25, 0.3) is 5.91 Å². The Morgan fingerprint density at radius 1 is 1.18 bits per heavy atom. The molecule has 2 aromatic heterocycles. The van der Waals surface area contributed by atoms with Gasteiger partial charge in [0.1, 0.15) is 5.82 Å².